The van der Waals surface area contributed by atoms with E-state index in [-0.39, 0.29) is 12.5 Å². The smallest absolute Gasteiger partial charge is 0.242 e. The molecular weight excluding hydrogens is 194 g/mol. The van der Waals surface area contributed by atoms with Crippen molar-refractivity contribution in [3.05, 3.63) is 36.7 Å². The highest BCUT2D eigenvalue weighted by molar-refractivity contribution is 5.75. The summed E-state index contributed by atoms with van der Waals surface area (Å²) >= 11 is 0. The van der Waals surface area contributed by atoms with Gasteiger partial charge in [-0.05, 0) is 6.07 Å². The molecule has 6 heteroatoms. The number of rotatable bonds is 4. The molecule has 2 N–H and O–H groups in total. The molecule has 0 aliphatic carbocycles. The maximum atomic E-state index is 11.4. The fraction of sp³-hybridized carbons (Fsp3) is 0.222. The van der Waals surface area contributed by atoms with Crippen molar-refractivity contribution in [1.82, 2.24) is 25.1 Å². The zero-order valence-corrected chi connectivity index (χ0v) is 8.05. The van der Waals surface area contributed by atoms with Gasteiger partial charge in [-0.1, -0.05) is 0 Å². The molecule has 6 nitrogen and oxygen atoms in total. The number of hydrogen-bond acceptors (Lipinski definition) is 3. The number of imidazole rings is 1. The van der Waals surface area contributed by atoms with Gasteiger partial charge in [0.05, 0.1) is 18.6 Å². The number of carbonyl (C=O) groups is 1. The Morgan fingerprint density at radius 3 is 3.20 bits per heavy atom. The minimum absolute atomic E-state index is 0.0756. The molecule has 2 rings (SSSR count). The zero-order chi connectivity index (χ0) is 10.5. The first-order chi connectivity index (χ1) is 7.34. The summed E-state index contributed by atoms with van der Waals surface area (Å²) in [6.45, 7) is 0.696. The van der Waals surface area contributed by atoms with Gasteiger partial charge < -0.3 is 10.3 Å². The van der Waals surface area contributed by atoms with Gasteiger partial charge in [0.2, 0.25) is 5.91 Å². The minimum atomic E-state index is -0.0756. The van der Waals surface area contributed by atoms with Gasteiger partial charge in [0, 0.05) is 18.6 Å². The number of aromatic amines is 1. The molecule has 0 aliphatic heterocycles. The van der Waals surface area contributed by atoms with Crippen molar-refractivity contribution in [3.8, 4) is 0 Å². The van der Waals surface area contributed by atoms with Crippen molar-refractivity contribution in [3.63, 3.8) is 0 Å². The molecule has 0 unspecified atom stereocenters. The maximum absolute atomic E-state index is 11.4. The van der Waals surface area contributed by atoms with Crippen molar-refractivity contribution in [1.29, 1.82) is 0 Å². The Morgan fingerprint density at radius 1 is 1.60 bits per heavy atom. The Labute approximate surface area is 86.3 Å². The third-order valence-electron chi connectivity index (χ3n) is 1.90. The van der Waals surface area contributed by atoms with E-state index in [1.807, 2.05) is 0 Å². The van der Waals surface area contributed by atoms with E-state index in [1.54, 1.807) is 35.7 Å². The van der Waals surface area contributed by atoms with Gasteiger partial charge in [0.25, 0.3) is 0 Å². The Morgan fingerprint density at radius 2 is 2.53 bits per heavy atom. The molecule has 0 saturated heterocycles. The molecule has 2 aromatic rings. The first-order valence-electron chi connectivity index (χ1n) is 4.56. The first kappa shape index (κ1) is 9.45. The van der Waals surface area contributed by atoms with E-state index >= 15 is 0 Å². The SMILES string of the molecule is O=C(Cn1cccn1)NCc1cnc[nH]1. The molecule has 2 heterocycles. The largest absolute Gasteiger partial charge is 0.349 e. The highest BCUT2D eigenvalue weighted by Crippen LogP contribution is 1.90. The Kier molecular flexibility index (Phi) is 2.77. The fourth-order valence-corrected chi connectivity index (χ4v) is 1.17. The van der Waals surface area contributed by atoms with Gasteiger partial charge in [0.15, 0.2) is 0 Å². The van der Waals surface area contributed by atoms with Crippen LogP contribution >= 0.6 is 0 Å². The van der Waals surface area contributed by atoms with Crippen molar-refractivity contribution in [2.45, 2.75) is 13.1 Å². The third kappa shape index (κ3) is 2.67. The van der Waals surface area contributed by atoms with E-state index in [4.69, 9.17) is 0 Å². The molecule has 0 radical (unpaired) electrons. The lowest BCUT2D eigenvalue weighted by Crippen LogP contribution is -2.27. The standard InChI is InChI=1S/C9H11N5O/c15-9(6-14-3-1-2-13-14)11-5-8-4-10-7-12-8/h1-4,7H,5-6H2,(H,10,12)(H,11,15). The van der Waals surface area contributed by atoms with Crippen LogP contribution in [0.15, 0.2) is 31.0 Å². The van der Waals surface area contributed by atoms with Crippen molar-refractivity contribution >= 4 is 5.91 Å². The molecule has 1 amide bonds. The molecule has 0 aliphatic rings. The van der Waals surface area contributed by atoms with Gasteiger partial charge in [-0.25, -0.2) is 4.98 Å². The van der Waals surface area contributed by atoms with Crippen LogP contribution in [0.1, 0.15) is 5.69 Å². The molecule has 2 aromatic heterocycles. The molecule has 78 valence electrons. The van der Waals surface area contributed by atoms with Crippen LogP contribution in [0.2, 0.25) is 0 Å². The van der Waals surface area contributed by atoms with Crippen molar-refractivity contribution in [2.75, 3.05) is 0 Å². The van der Waals surface area contributed by atoms with Crippen LogP contribution in [0.25, 0.3) is 0 Å². The van der Waals surface area contributed by atoms with E-state index in [0.29, 0.717) is 6.54 Å². The summed E-state index contributed by atoms with van der Waals surface area (Å²) in [4.78, 5) is 18.2. The molecule has 0 fully saturated rings. The summed E-state index contributed by atoms with van der Waals surface area (Å²) in [6.07, 6.45) is 6.64. The Bertz CT molecular complexity index is 406. The van der Waals surface area contributed by atoms with Gasteiger partial charge in [-0.3, -0.25) is 9.48 Å². The maximum Gasteiger partial charge on any atom is 0.242 e. The number of hydrogen-bond donors (Lipinski definition) is 2. The fourth-order valence-electron chi connectivity index (χ4n) is 1.17. The Hall–Kier alpha value is -2.11. The molecule has 15 heavy (non-hydrogen) atoms. The highest BCUT2D eigenvalue weighted by Gasteiger charge is 2.02. The summed E-state index contributed by atoms with van der Waals surface area (Å²) in [5.74, 6) is -0.0756. The summed E-state index contributed by atoms with van der Waals surface area (Å²) in [7, 11) is 0. The van der Waals surface area contributed by atoms with Crippen molar-refractivity contribution in [2.24, 2.45) is 0 Å². The van der Waals surface area contributed by atoms with Gasteiger partial charge in [0.1, 0.15) is 6.54 Å². The number of aromatic nitrogens is 4. The van der Waals surface area contributed by atoms with Crippen LogP contribution in [0, 0.1) is 0 Å². The molecule has 0 saturated carbocycles. The number of H-pyrrole nitrogens is 1. The van der Waals surface area contributed by atoms with E-state index in [2.05, 4.69) is 20.4 Å². The molecule has 0 aromatic carbocycles. The normalized spacial score (nSPS) is 10.1. The minimum Gasteiger partial charge on any atom is -0.349 e. The zero-order valence-electron chi connectivity index (χ0n) is 8.05. The van der Waals surface area contributed by atoms with Crippen LogP contribution in [-0.4, -0.2) is 25.7 Å². The lowest BCUT2D eigenvalue weighted by Gasteiger charge is -2.03. The highest BCUT2D eigenvalue weighted by atomic mass is 16.2. The predicted octanol–water partition coefficient (Wildman–Crippen LogP) is -0.0774. The lowest BCUT2D eigenvalue weighted by molar-refractivity contribution is -0.122. The second kappa shape index (κ2) is 4.41. The third-order valence-corrected chi connectivity index (χ3v) is 1.90. The topological polar surface area (TPSA) is 75.6 Å². The molecular formula is C9H11N5O. The summed E-state index contributed by atoms with van der Waals surface area (Å²) in [5, 5.41) is 6.69. The summed E-state index contributed by atoms with van der Waals surface area (Å²) in [6, 6.07) is 1.78. The average molecular weight is 205 g/mol. The van der Waals surface area contributed by atoms with Crippen LogP contribution in [0.5, 0.6) is 0 Å². The summed E-state index contributed by atoms with van der Waals surface area (Å²) in [5.41, 5.74) is 0.879. The number of nitrogens with zero attached hydrogens (tertiary/aromatic N) is 3. The second-order valence-electron chi connectivity index (χ2n) is 3.06. The van der Waals surface area contributed by atoms with E-state index in [9.17, 15) is 4.79 Å². The van der Waals surface area contributed by atoms with Gasteiger partial charge in [-0.2, -0.15) is 5.10 Å². The van der Waals surface area contributed by atoms with Gasteiger partial charge >= 0.3 is 0 Å². The van der Waals surface area contributed by atoms with Crippen LogP contribution in [-0.2, 0) is 17.9 Å². The average Bonchev–Trinajstić information content (AvgIpc) is 2.86. The lowest BCUT2D eigenvalue weighted by atomic mass is 10.4. The van der Waals surface area contributed by atoms with Gasteiger partial charge in [-0.15, -0.1) is 0 Å². The molecule has 0 bridgehead atoms. The molecule has 0 atom stereocenters. The van der Waals surface area contributed by atoms with Crippen LogP contribution in [0.3, 0.4) is 0 Å². The van der Waals surface area contributed by atoms with Crippen molar-refractivity contribution < 1.29 is 4.79 Å². The van der Waals surface area contributed by atoms with E-state index in [1.165, 1.54) is 0 Å². The number of amides is 1. The monoisotopic (exact) mass is 205 g/mol. The van der Waals surface area contributed by atoms with E-state index < -0.39 is 0 Å². The quantitative estimate of drug-likeness (QED) is 0.733. The first-order valence-corrected chi connectivity index (χ1v) is 4.56. The molecule has 0 spiro atoms. The predicted molar refractivity (Wildman–Crippen MR) is 52.7 cm³/mol. The summed E-state index contributed by atoms with van der Waals surface area (Å²) < 4.78 is 1.57. The number of nitrogens with one attached hydrogen (secondary N) is 2. The second-order valence-corrected chi connectivity index (χ2v) is 3.06. The Balaban J connectivity index is 1.78. The van der Waals surface area contributed by atoms with Crippen LogP contribution < -0.4 is 5.32 Å². The van der Waals surface area contributed by atoms with Crippen LogP contribution in [0.4, 0.5) is 0 Å². The van der Waals surface area contributed by atoms with E-state index in [0.717, 1.165) is 5.69 Å². The number of carbonyl (C=O) groups excluding carboxylic acids is 1.